The molecule has 2 atom stereocenters. The summed E-state index contributed by atoms with van der Waals surface area (Å²) >= 11 is 12.2. The number of nitrogens with zero attached hydrogens (tertiary/aromatic N) is 1. The number of amides is 1. The van der Waals surface area contributed by atoms with Gasteiger partial charge in [0.15, 0.2) is 5.78 Å². The number of carboxylic acid groups (broad SMARTS) is 1. The molecule has 2 aliphatic heterocycles. The van der Waals surface area contributed by atoms with Crippen molar-refractivity contribution < 1.29 is 14.7 Å². The van der Waals surface area contributed by atoms with Crippen LogP contribution in [0.3, 0.4) is 0 Å². The fourth-order valence-electron chi connectivity index (χ4n) is 4.21. The standard InChI is InChI=1S/C18H23Cl2N3O3/c1-23(17(25)26)18(16(24)11-4-6-21-7-5-11)10-22-9-13(18)12-2-3-14(19)15(20)8-12/h2-3,8,11,13,21-22H,4-7,9-10H2,1H3,(H,25,26)/t13-,18+/m1/s1. The summed E-state index contributed by atoms with van der Waals surface area (Å²) in [7, 11) is 1.48. The van der Waals surface area contributed by atoms with Crippen molar-refractivity contribution in [2.24, 2.45) is 5.92 Å². The molecule has 2 fully saturated rings. The molecule has 2 heterocycles. The molecule has 8 heteroatoms. The lowest BCUT2D eigenvalue weighted by Crippen LogP contribution is -2.61. The monoisotopic (exact) mass is 399 g/mol. The largest absolute Gasteiger partial charge is 0.465 e. The lowest BCUT2D eigenvalue weighted by molar-refractivity contribution is -0.134. The summed E-state index contributed by atoms with van der Waals surface area (Å²) in [5.74, 6) is -0.478. The predicted octanol–water partition coefficient (Wildman–Crippen LogP) is 2.60. The molecular weight excluding hydrogens is 377 g/mol. The highest BCUT2D eigenvalue weighted by atomic mass is 35.5. The van der Waals surface area contributed by atoms with Gasteiger partial charge in [0.05, 0.1) is 10.0 Å². The van der Waals surface area contributed by atoms with Crippen LogP contribution in [0.1, 0.15) is 24.3 Å². The number of hydrogen-bond acceptors (Lipinski definition) is 4. The molecule has 2 aliphatic rings. The first kappa shape index (κ1) is 19.4. The average molecular weight is 400 g/mol. The molecule has 0 aliphatic carbocycles. The summed E-state index contributed by atoms with van der Waals surface area (Å²) in [5.41, 5.74) is -0.329. The van der Waals surface area contributed by atoms with E-state index in [-0.39, 0.29) is 17.6 Å². The molecule has 26 heavy (non-hydrogen) atoms. The minimum absolute atomic E-state index is 0.00928. The maximum absolute atomic E-state index is 13.6. The van der Waals surface area contributed by atoms with Crippen molar-refractivity contribution in [3.8, 4) is 0 Å². The summed E-state index contributed by atoms with van der Waals surface area (Å²) in [4.78, 5) is 26.6. The number of Topliss-reactive ketones (excluding diaryl/α,β-unsaturated/α-hetero) is 1. The maximum Gasteiger partial charge on any atom is 0.407 e. The Morgan fingerprint density at radius 1 is 1.19 bits per heavy atom. The van der Waals surface area contributed by atoms with Crippen LogP contribution in [0.2, 0.25) is 10.0 Å². The number of carbonyl (C=O) groups is 2. The van der Waals surface area contributed by atoms with Crippen LogP contribution in [0.15, 0.2) is 18.2 Å². The van der Waals surface area contributed by atoms with Crippen LogP contribution in [-0.4, -0.2) is 60.6 Å². The molecule has 6 nitrogen and oxygen atoms in total. The molecule has 0 radical (unpaired) electrons. The highest BCUT2D eigenvalue weighted by molar-refractivity contribution is 6.42. The second-order valence-corrected chi connectivity index (χ2v) is 7.83. The summed E-state index contributed by atoms with van der Waals surface area (Å²) in [5, 5.41) is 17.0. The molecule has 2 saturated heterocycles. The van der Waals surface area contributed by atoms with E-state index < -0.39 is 11.6 Å². The molecule has 3 rings (SSSR count). The molecule has 0 saturated carbocycles. The van der Waals surface area contributed by atoms with Gasteiger partial charge in [-0.3, -0.25) is 9.69 Å². The first-order chi connectivity index (χ1) is 12.4. The number of benzene rings is 1. The molecule has 0 unspecified atom stereocenters. The van der Waals surface area contributed by atoms with Crippen molar-refractivity contribution in [3.63, 3.8) is 0 Å². The number of rotatable bonds is 4. The van der Waals surface area contributed by atoms with E-state index in [0.29, 0.717) is 23.1 Å². The van der Waals surface area contributed by atoms with Gasteiger partial charge in [-0.15, -0.1) is 0 Å². The van der Waals surface area contributed by atoms with Crippen LogP contribution in [0.5, 0.6) is 0 Å². The van der Waals surface area contributed by atoms with E-state index in [4.69, 9.17) is 23.2 Å². The van der Waals surface area contributed by atoms with Crippen LogP contribution in [0.4, 0.5) is 4.79 Å². The molecule has 1 amide bonds. The summed E-state index contributed by atoms with van der Waals surface area (Å²) in [6, 6.07) is 5.26. The SMILES string of the molecule is CN(C(=O)O)[C@@]1(C(=O)C2CCNCC2)CNC[C@@H]1c1ccc(Cl)c(Cl)c1. The molecule has 0 spiro atoms. The van der Waals surface area contributed by atoms with Gasteiger partial charge in [-0.05, 0) is 43.6 Å². The van der Waals surface area contributed by atoms with Crippen molar-refractivity contribution in [1.82, 2.24) is 15.5 Å². The molecule has 3 N–H and O–H groups in total. The molecule has 142 valence electrons. The molecular formula is C18H23Cl2N3O3. The Labute approximate surface area is 162 Å². The topological polar surface area (TPSA) is 81.7 Å². The van der Waals surface area contributed by atoms with Gasteiger partial charge >= 0.3 is 6.09 Å². The van der Waals surface area contributed by atoms with Crippen molar-refractivity contribution in [2.75, 3.05) is 33.2 Å². The van der Waals surface area contributed by atoms with Crippen molar-refractivity contribution >= 4 is 35.1 Å². The van der Waals surface area contributed by atoms with Crippen LogP contribution in [-0.2, 0) is 4.79 Å². The Balaban J connectivity index is 2.04. The third-order valence-corrected chi connectivity index (χ3v) is 6.43. The minimum atomic E-state index is -1.15. The van der Waals surface area contributed by atoms with Crippen molar-refractivity contribution in [3.05, 3.63) is 33.8 Å². The Hall–Kier alpha value is -1.34. The van der Waals surface area contributed by atoms with E-state index in [1.165, 1.54) is 11.9 Å². The second kappa shape index (κ2) is 7.72. The second-order valence-electron chi connectivity index (χ2n) is 7.01. The van der Waals surface area contributed by atoms with Gasteiger partial charge in [0.25, 0.3) is 0 Å². The van der Waals surface area contributed by atoms with E-state index in [1.54, 1.807) is 12.1 Å². The fourth-order valence-corrected chi connectivity index (χ4v) is 4.51. The van der Waals surface area contributed by atoms with Crippen molar-refractivity contribution in [2.45, 2.75) is 24.3 Å². The minimum Gasteiger partial charge on any atom is -0.465 e. The fraction of sp³-hybridized carbons (Fsp3) is 0.556. The smallest absolute Gasteiger partial charge is 0.407 e. The Morgan fingerprint density at radius 2 is 1.88 bits per heavy atom. The first-order valence-corrected chi connectivity index (χ1v) is 9.51. The van der Waals surface area contributed by atoms with E-state index in [2.05, 4.69) is 10.6 Å². The van der Waals surface area contributed by atoms with E-state index in [0.717, 1.165) is 31.5 Å². The van der Waals surface area contributed by atoms with Gasteiger partial charge < -0.3 is 15.7 Å². The number of carbonyl (C=O) groups excluding carboxylic acids is 1. The lowest BCUT2D eigenvalue weighted by atomic mass is 9.72. The van der Waals surface area contributed by atoms with Gasteiger partial charge in [0, 0.05) is 32.0 Å². The number of piperidine rings is 1. The number of ketones is 1. The maximum atomic E-state index is 13.6. The number of hydrogen-bond donors (Lipinski definition) is 3. The molecule has 1 aromatic rings. The highest BCUT2D eigenvalue weighted by Gasteiger charge is 2.55. The average Bonchev–Trinajstić information content (AvgIpc) is 3.09. The van der Waals surface area contributed by atoms with Gasteiger partial charge in [-0.25, -0.2) is 4.79 Å². The third-order valence-electron chi connectivity index (χ3n) is 5.69. The zero-order valence-corrected chi connectivity index (χ0v) is 16.1. The zero-order valence-electron chi connectivity index (χ0n) is 14.6. The molecule has 1 aromatic carbocycles. The first-order valence-electron chi connectivity index (χ1n) is 8.75. The normalized spacial score (nSPS) is 26.7. The molecule has 0 aromatic heterocycles. The predicted molar refractivity (Wildman–Crippen MR) is 101 cm³/mol. The van der Waals surface area contributed by atoms with E-state index in [1.807, 2.05) is 6.07 Å². The van der Waals surface area contributed by atoms with E-state index in [9.17, 15) is 14.7 Å². The van der Waals surface area contributed by atoms with Gasteiger partial charge in [-0.1, -0.05) is 29.3 Å². The molecule has 0 bridgehead atoms. The van der Waals surface area contributed by atoms with E-state index >= 15 is 0 Å². The van der Waals surface area contributed by atoms with Crippen LogP contribution in [0.25, 0.3) is 0 Å². The van der Waals surface area contributed by atoms with Crippen LogP contribution in [0, 0.1) is 5.92 Å². The Kier molecular flexibility index (Phi) is 5.77. The quantitative estimate of drug-likeness (QED) is 0.724. The van der Waals surface area contributed by atoms with Crippen LogP contribution < -0.4 is 10.6 Å². The van der Waals surface area contributed by atoms with Crippen molar-refractivity contribution in [1.29, 1.82) is 0 Å². The van der Waals surface area contributed by atoms with Gasteiger partial charge in [-0.2, -0.15) is 0 Å². The third kappa shape index (κ3) is 3.31. The lowest BCUT2D eigenvalue weighted by Gasteiger charge is -2.42. The Bertz CT molecular complexity index is 709. The summed E-state index contributed by atoms with van der Waals surface area (Å²) in [6.07, 6.45) is 0.339. The number of likely N-dealkylation sites (N-methyl/N-ethyl adjacent to an activating group) is 1. The van der Waals surface area contributed by atoms with Crippen LogP contribution >= 0.6 is 23.2 Å². The zero-order chi connectivity index (χ0) is 18.9. The summed E-state index contributed by atoms with van der Waals surface area (Å²) in [6.45, 7) is 2.35. The Morgan fingerprint density at radius 3 is 2.50 bits per heavy atom. The number of halogens is 2. The number of nitrogens with one attached hydrogen (secondary N) is 2. The highest BCUT2D eigenvalue weighted by Crippen LogP contribution is 2.41. The van der Waals surface area contributed by atoms with Gasteiger partial charge in [0.2, 0.25) is 0 Å². The van der Waals surface area contributed by atoms with Gasteiger partial charge in [0.1, 0.15) is 5.54 Å². The summed E-state index contributed by atoms with van der Waals surface area (Å²) < 4.78 is 0.